The van der Waals surface area contributed by atoms with Crippen molar-refractivity contribution in [3.8, 4) is 0 Å². The molecule has 0 aromatic heterocycles. The van der Waals surface area contributed by atoms with Gasteiger partial charge in [0.15, 0.2) is 5.78 Å². The van der Waals surface area contributed by atoms with E-state index in [-0.39, 0.29) is 11.3 Å². The molecule has 0 saturated carbocycles. The van der Waals surface area contributed by atoms with Crippen molar-refractivity contribution in [2.75, 3.05) is 5.75 Å². The van der Waals surface area contributed by atoms with Crippen molar-refractivity contribution in [3.63, 3.8) is 0 Å². The van der Waals surface area contributed by atoms with Crippen LogP contribution in [-0.4, -0.2) is 73.4 Å². The van der Waals surface area contributed by atoms with Crippen LogP contribution in [0.1, 0.15) is 10.4 Å². The zero-order valence-corrected chi connectivity index (χ0v) is 15.6. The van der Waals surface area contributed by atoms with E-state index >= 15 is 0 Å². The molecule has 0 heterocycles. The fourth-order valence-corrected chi connectivity index (χ4v) is 4.71. The van der Waals surface area contributed by atoms with Crippen molar-refractivity contribution in [1.82, 2.24) is 10.6 Å². The van der Waals surface area contributed by atoms with Crippen LogP contribution in [0.3, 0.4) is 0 Å². The van der Waals surface area contributed by atoms with Crippen molar-refractivity contribution in [3.05, 3.63) is 35.9 Å². The van der Waals surface area contributed by atoms with Crippen LogP contribution >= 0.6 is 21.6 Å². The Hall–Kier alpha value is -2.93. The smallest absolute Gasteiger partial charge is 0.405 e. The lowest BCUT2D eigenvalue weighted by Gasteiger charge is -2.22. The quantitative estimate of drug-likeness (QED) is 0.216. The molecule has 3 atom stereocenters. The highest BCUT2D eigenvalue weighted by Gasteiger charge is 2.37. The van der Waals surface area contributed by atoms with Crippen LogP contribution in [0.15, 0.2) is 30.3 Å². The Kier molecular flexibility index (Phi) is 9.11. The number of benzene rings is 1. The fraction of sp³-hybridized carbons (Fsp3) is 0.267. The molecule has 152 valence electrons. The van der Waals surface area contributed by atoms with Crippen molar-refractivity contribution in [2.45, 2.75) is 17.3 Å². The standard InChI is InChI=1S/C15H16N2O9S2/c18-10(7-4-2-1-3-5-7)11(9(13(21)22)17-15(25)26)28-27-6-8(12(19)20)16-14(23)24/h1-5,8-9,11,16-17H,6H2,(H,19,20)(H,21,22)(H,23,24)(H,25,26)/t8-,9-,11?/m0/s1. The fourth-order valence-electron chi connectivity index (χ4n) is 1.92. The van der Waals surface area contributed by atoms with Gasteiger partial charge in [-0.1, -0.05) is 51.9 Å². The molecule has 2 amide bonds. The summed E-state index contributed by atoms with van der Waals surface area (Å²) in [5.41, 5.74) is 0.137. The number of Topliss-reactive ketones (excluding diaryl/α,β-unsaturated/α-hetero) is 1. The van der Waals surface area contributed by atoms with Gasteiger partial charge >= 0.3 is 24.1 Å². The maximum atomic E-state index is 12.7. The Morgan fingerprint density at radius 1 is 0.857 bits per heavy atom. The zero-order chi connectivity index (χ0) is 21.3. The van der Waals surface area contributed by atoms with E-state index in [9.17, 15) is 29.1 Å². The van der Waals surface area contributed by atoms with Crippen molar-refractivity contribution < 1.29 is 44.4 Å². The monoisotopic (exact) mass is 432 g/mol. The topological polar surface area (TPSA) is 190 Å². The Labute approximate surface area is 165 Å². The third-order valence-corrected chi connectivity index (χ3v) is 5.90. The number of carbonyl (C=O) groups excluding carboxylic acids is 1. The first-order valence-corrected chi connectivity index (χ1v) is 9.83. The first-order chi connectivity index (χ1) is 13.1. The summed E-state index contributed by atoms with van der Waals surface area (Å²) < 4.78 is 0. The normalized spacial score (nSPS) is 13.6. The van der Waals surface area contributed by atoms with Crippen LogP contribution in [0.2, 0.25) is 0 Å². The number of rotatable bonds is 11. The van der Waals surface area contributed by atoms with Crippen LogP contribution in [0.5, 0.6) is 0 Å². The summed E-state index contributed by atoms with van der Waals surface area (Å²) in [5.74, 6) is -4.06. The Balaban J connectivity index is 3.01. The van der Waals surface area contributed by atoms with Crippen LogP contribution < -0.4 is 10.6 Å². The predicted octanol–water partition coefficient (Wildman–Crippen LogP) is 1.06. The van der Waals surface area contributed by atoms with Crippen LogP contribution in [0.25, 0.3) is 0 Å². The van der Waals surface area contributed by atoms with Gasteiger partial charge in [0.2, 0.25) is 0 Å². The number of aliphatic carboxylic acids is 2. The van der Waals surface area contributed by atoms with Gasteiger partial charge in [0, 0.05) is 11.3 Å². The van der Waals surface area contributed by atoms with Gasteiger partial charge in [0.25, 0.3) is 0 Å². The van der Waals surface area contributed by atoms with Gasteiger partial charge < -0.3 is 31.1 Å². The molecule has 0 aliphatic rings. The highest BCUT2D eigenvalue weighted by molar-refractivity contribution is 8.77. The number of carboxylic acids is 2. The molecule has 0 radical (unpaired) electrons. The van der Waals surface area contributed by atoms with E-state index in [1.165, 1.54) is 12.1 Å². The van der Waals surface area contributed by atoms with Crippen molar-refractivity contribution >= 4 is 51.5 Å². The summed E-state index contributed by atoms with van der Waals surface area (Å²) in [6.07, 6.45) is -3.22. The molecule has 1 unspecified atom stereocenters. The molecular weight excluding hydrogens is 416 g/mol. The first-order valence-electron chi connectivity index (χ1n) is 7.45. The minimum absolute atomic E-state index is 0.137. The molecule has 0 saturated heterocycles. The molecule has 0 fully saturated rings. The minimum atomic E-state index is -1.81. The second-order valence-corrected chi connectivity index (χ2v) is 7.69. The van der Waals surface area contributed by atoms with Gasteiger partial charge in [-0.25, -0.2) is 19.2 Å². The molecule has 11 nitrogen and oxygen atoms in total. The summed E-state index contributed by atoms with van der Waals surface area (Å²) in [6, 6.07) is 4.25. The highest BCUT2D eigenvalue weighted by atomic mass is 33.1. The SMILES string of the molecule is O=C(O)N[C@@H](CSSC(C(=O)c1ccccc1)[C@H](NC(=O)O)C(=O)O)C(=O)O. The van der Waals surface area contributed by atoms with E-state index in [0.29, 0.717) is 10.8 Å². The van der Waals surface area contributed by atoms with Gasteiger partial charge in [-0.05, 0) is 0 Å². The molecule has 0 spiro atoms. The molecule has 6 N–H and O–H groups in total. The number of amides is 2. The molecule has 1 aromatic carbocycles. The second kappa shape index (κ2) is 11.0. The van der Waals surface area contributed by atoms with Crippen molar-refractivity contribution in [2.24, 2.45) is 0 Å². The Morgan fingerprint density at radius 2 is 1.43 bits per heavy atom. The van der Waals surface area contributed by atoms with E-state index in [4.69, 9.17) is 15.3 Å². The first kappa shape index (κ1) is 23.1. The molecular formula is C15H16N2O9S2. The zero-order valence-electron chi connectivity index (χ0n) is 14.0. The van der Waals surface area contributed by atoms with E-state index < -0.39 is 47.2 Å². The molecule has 0 aliphatic heterocycles. The largest absolute Gasteiger partial charge is 0.480 e. The van der Waals surface area contributed by atoms with Crippen LogP contribution in [0, 0.1) is 0 Å². The summed E-state index contributed by atoms with van der Waals surface area (Å²) in [7, 11) is 1.37. The average molecular weight is 432 g/mol. The number of hydrogen-bond acceptors (Lipinski definition) is 7. The van der Waals surface area contributed by atoms with Crippen LogP contribution in [0.4, 0.5) is 9.59 Å². The van der Waals surface area contributed by atoms with E-state index in [2.05, 4.69) is 0 Å². The maximum absolute atomic E-state index is 12.7. The summed E-state index contributed by atoms with van der Waals surface area (Å²) >= 11 is 0. The third kappa shape index (κ3) is 7.36. The minimum Gasteiger partial charge on any atom is -0.480 e. The summed E-state index contributed by atoms with van der Waals surface area (Å²) in [6.45, 7) is 0. The molecule has 13 heteroatoms. The number of carboxylic acid groups (broad SMARTS) is 4. The lowest BCUT2D eigenvalue weighted by atomic mass is 10.0. The Morgan fingerprint density at radius 3 is 1.89 bits per heavy atom. The molecule has 0 aliphatic carbocycles. The highest BCUT2D eigenvalue weighted by Crippen LogP contribution is 2.32. The number of carbonyl (C=O) groups is 5. The van der Waals surface area contributed by atoms with Gasteiger partial charge in [-0.15, -0.1) is 0 Å². The summed E-state index contributed by atoms with van der Waals surface area (Å²) in [4.78, 5) is 56.8. The lowest BCUT2D eigenvalue weighted by Crippen LogP contribution is -2.50. The van der Waals surface area contributed by atoms with E-state index in [1.807, 2.05) is 0 Å². The van der Waals surface area contributed by atoms with Crippen LogP contribution in [-0.2, 0) is 9.59 Å². The molecule has 1 aromatic rings. The maximum Gasteiger partial charge on any atom is 0.405 e. The van der Waals surface area contributed by atoms with Gasteiger partial charge in [-0.2, -0.15) is 0 Å². The predicted molar refractivity (Wildman–Crippen MR) is 99.8 cm³/mol. The third-order valence-electron chi connectivity index (χ3n) is 3.17. The van der Waals surface area contributed by atoms with Gasteiger partial charge in [-0.3, -0.25) is 4.79 Å². The van der Waals surface area contributed by atoms with E-state index in [0.717, 1.165) is 10.8 Å². The molecule has 0 bridgehead atoms. The summed E-state index contributed by atoms with van der Waals surface area (Å²) in [5, 5.41) is 37.9. The molecule has 28 heavy (non-hydrogen) atoms. The number of nitrogens with one attached hydrogen (secondary N) is 2. The number of ketones is 1. The second-order valence-electron chi connectivity index (χ2n) is 5.14. The Bertz CT molecular complexity index is 744. The number of hydrogen-bond donors (Lipinski definition) is 6. The van der Waals surface area contributed by atoms with Crippen molar-refractivity contribution in [1.29, 1.82) is 0 Å². The lowest BCUT2D eigenvalue weighted by molar-refractivity contribution is -0.139. The average Bonchev–Trinajstić information content (AvgIpc) is 2.62. The van der Waals surface area contributed by atoms with Gasteiger partial charge in [0.05, 0.1) is 0 Å². The van der Waals surface area contributed by atoms with Gasteiger partial charge in [0.1, 0.15) is 17.3 Å². The molecule has 1 rings (SSSR count). The van der Waals surface area contributed by atoms with E-state index in [1.54, 1.807) is 28.8 Å².